The Kier molecular flexibility index (Phi) is 4.49. The van der Waals surface area contributed by atoms with Crippen molar-refractivity contribution in [3.8, 4) is 5.75 Å². The summed E-state index contributed by atoms with van der Waals surface area (Å²) < 4.78 is 6.20. The van der Waals surface area contributed by atoms with E-state index in [4.69, 9.17) is 4.74 Å². The van der Waals surface area contributed by atoms with Gasteiger partial charge in [-0.25, -0.2) is 0 Å². The van der Waals surface area contributed by atoms with Gasteiger partial charge in [0.25, 0.3) is 0 Å². The number of hydrogen-bond donors (Lipinski definition) is 1. The molecule has 1 atom stereocenters. The summed E-state index contributed by atoms with van der Waals surface area (Å²) >= 11 is 3.50. The molecule has 0 bridgehead atoms. The van der Waals surface area contributed by atoms with Crippen LogP contribution in [0.15, 0.2) is 34.8 Å². The Morgan fingerprint density at radius 1 is 1.41 bits per heavy atom. The second kappa shape index (κ2) is 6.10. The van der Waals surface area contributed by atoms with Gasteiger partial charge < -0.3 is 10.1 Å². The molecule has 0 fully saturated rings. The lowest BCUT2D eigenvalue weighted by atomic mass is 9.94. The van der Waals surface area contributed by atoms with E-state index in [1.807, 2.05) is 6.07 Å². The zero-order valence-electron chi connectivity index (χ0n) is 10.1. The molecule has 1 aliphatic rings. The normalized spacial score (nSPS) is 19.1. The number of ether oxygens (including phenoxy) is 1. The summed E-state index contributed by atoms with van der Waals surface area (Å²) in [7, 11) is 1.68. The van der Waals surface area contributed by atoms with Gasteiger partial charge in [-0.1, -0.05) is 12.2 Å². The number of hydrogen-bond acceptors (Lipinski definition) is 2. The molecule has 2 nitrogen and oxygen atoms in total. The van der Waals surface area contributed by atoms with E-state index in [1.54, 1.807) is 7.11 Å². The van der Waals surface area contributed by atoms with Crippen LogP contribution in [0.2, 0.25) is 0 Å². The van der Waals surface area contributed by atoms with E-state index >= 15 is 0 Å². The summed E-state index contributed by atoms with van der Waals surface area (Å²) in [6.07, 6.45) is 8.28. The molecule has 0 heterocycles. The summed E-state index contributed by atoms with van der Waals surface area (Å²) in [4.78, 5) is 0. The molecule has 1 aromatic rings. The molecular formula is C14H18BrNO. The fraction of sp³-hybridized carbons (Fsp3) is 0.429. The largest absolute Gasteiger partial charge is 0.496 e. The first kappa shape index (κ1) is 12.5. The van der Waals surface area contributed by atoms with Crippen LogP contribution in [0.4, 0.5) is 5.69 Å². The van der Waals surface area contributed by atoms with E-state index in [2.05, 4.69) is 45.5 Å². The van der Waals surface area contributed by atoms with Crippen LogP contribution in [0.25, 0.3) is 0 Å². The minimum Gasteiger partial charge on any atom is -0.496 e. The van der Waals surface area contributed by atoms with Gasteiger partial charge in [0.15, 0.2) is 0 Å². The minimum absolute atomic E-state index is 0.765. The molecule has 0 amide bonds. The molecule has 1 N–H and O–H groups in total. The van der Waals surface area contributed by atoms with Crippen molar-refractivity contribution >= 4 is 21.6 Å². The Morgan fingerprint density at radius 3 is 2.94 bits per heavy atom. The Hall–Kier alpha value is -0.960. The number of methoxy groups -OCH3 is 1. The van der Waals surface area contributed by atoms with Crippen LogP contribution in [-0.2, 0) is 0 Å². The highest BCUT2D eigenvalue weighted by Crippen LogP contribution is 2.28. The van der Waals surface area contributed by atoms with Crippen molar-refractivity contribution in [2.45, 2.75) is 19.3 Å². The molecule has 0 aliphatic heterocycles. The molecule has 3 heteroatoms. The lowest BCUT2D eigenvalue weighted by Gasteiger charge is -2.19. The second-order valence-electron chi connectivity index (χ2n) is 4.38. The molecule has 0 radical (unpaired) electrons. The monoisotopic (exact) mass is 295 g/mol. The Bertz CT molecular complexity index is 403. The molecule has 92 valence electrons. The highest BCUT2D eigenvalue weighted by Gasteiger charge is 2.09. The van der Waals surface area contributed by atoms with Crippen molar-refractivity contribution in [1.29, 1.82) is 0 Å². The summed E-state index contributed by atoms with van der Waals surface area (Å²) in [5.41, 5.74) is 1.15. The average molecular weight is 296 g/mol. The predicted molar refractivity (Wildman–Crippen MR) is 75.7 cm³/mol. The van der Waals surface area contributed by atoms with Gasteiger partial charge in [0, 0.05) is 12.2 Å². The predicted octanol–water partition coefficient (Wildman–Crippen LogP) is 4.23. The first-order chi connectivity index (χ1) is 8.29. The van der Waals surface area contributed by atoms with E-state index in [9.17, 15) is 0 Å². The molecule has 17 heavy (non-hydrogen) atoms. The van der Waals surface area contributed by atoms with Gasteiger partial charge >= 0.3 is 0 Å². The molecule has 0 spiro atoms. The second-order valence-corrected chi connectivity index (χ2v) is 5.24. The van der Waals surface area contributed by atoms with Gasteiger partial charge in [-0.2, -0.15) is 0 Å². The van der Waals surface area contributed by atoms with Crippen molar-refractivity contribution < 1.29 is 4.74 Å². The maximum absolute atomic E-state index is 5.21. The molecule has 1 aliphatic carbocycles. The van der Waals surface area contributed by atoms with Crippen molar-refractivity contribution in [2.75, 3.05) is 19.0 Å². The number of rotatable bonds is 4. The first-order valence-corrected chi connectivity index (χ1v) is 6.81. The van der Waals surface area contributed by atoms with Gasteiger partial charge in [0.2, 0.25) is 0 Å². The third-order valence-electron chi connectivity index (χ3n) is 3.12. The highest BCUT2D eigenvalue weighted by molar-refractivity contribution is 9.10. The van der Waals surface area contributed by atoms with Crippen LogP contribution < -0.4 is 10.1 Å². The number of halogens is 1. The van der Waals surface area contributed by atoms with Crippen molar-refractivity contribution in [2.24, 2.45) is 5.92 Å². The zero-order valence-corrected chi connectivity index (χ0v) is 11.7. The number of benzene rings is 1. The van der Waals surface area contributed by atoms with Crippen molar-refractivity contribution in [3.05, 3.63) is 34.8 Å². The molecule has 1 unspecified atom stereocenters. The van der Waals surface area contributed by atoms with Crippen LogP contribution in [0.3, 0.4) is 0 Å². The number of allylic oxidation sites excluding steroid dienone is 2. The van der Waals surface area contributed by atoms with E-state index < -0.39 is 0 Å². The van der Waals surface area contributed by atoms with Gasteiger partial charge in [-0.3, -0.25) is 0 Å². The van der Waals surface area contributed by atoms with Gasteiger partial charge in [-0.05, 0) is 59.3 Å². The fourth-order valence-electron chi connectivity index (χ4n) is 2.08. The fourth-order valence-corrected chi connectivity index (χ4v) is 2.62. The molecule has 0 saturated heterocycles. The van der Waals surface area contributed by atoms with Gasteiger partial charge in [-0.15, -0.1) is 0 Å². The van der Waals surface area contributed by atoms with Gasteiger partial charge in [0.1, 0.15) is 5.75 Å². The standard InChI is InChI=1S/C14H18BrNO/c1-17-14-8-7-12(9-13(14)15)16-10-11-5-3-2-4-6-11/h2-3,7-9,11,16H,4-6,10H2,1H3. The van der Waals surface area contributed by atoms with Crippen LogP contribution in [-0.4, -0.2) is 13.7 Å². The molecule has 0 saturated carbocycles. The summed E-state index contributed by atoms with van der Waals surface area (Å²) in [5.74, 6) is 1.64. The third kappa shape index (κ3) is 3.50. The minimum atomic E-state index is 0.765. The topological polar surface area (TPSA) is 21.3 Å². The van der Waals surface area contributed by atoms with Crippen molar-refractivity contribution in [3.63, 3.8) is 0 Å². The summed E-state index contributed by atoms with van der Waals surface area (Å²) in [6, 6.07) is 6.10. The van der Waals surface area contributed by atoms with Crippen LogP contribution >= 0.6 is 15.9 Å². The summed E-state index contributed by atoms with van der Waals surface area (Å²) in [6.45, 7) is 1.04. The molecule has 0 aromatic heterocycles. The van der Waals surface area contributed by atoms with Crippen molar-refractivity contribution in [1.82, 2.24) is 0 Å². The first-order valence-electron chi connectivity index (χ1n) is 6.02. The Labute approximate surface area is 111 Å². The quantitative estimate of drug-likeness (QED) is 0.840. The average Bonchev–Trinajstić information content (AvgIpc) is 2.38. The SMILES string of the molecule is COc1ccc(NCC2CC=CCC2)cc1Br. The van der Waals surface area contributed by atoms with E-state index in [0.717, 1.165) is 28.4 Å². The molecule has 2 rings (SSSR count). The molecular weight excluding hydrogens is 278 g/mol. The Morgan fingerprint density at radius 2 is 2.29 bits per heavy atom. The number of anilines is 1. The van der Waals surface area contributed by atoms with Crippen LogP contribution in [0, 0.1) is 5.92 Å². The Balaban J connectivity index is 1.90. The molecule has 1 aromatic carbocycles. The van der Waals surface area contributed by atoms with E-state index in [0.29, 0.717) is 0 Å². The zero-order chi connectivity index (χ0) is 12.1. The third-order valence-corrected chi connectivity index (χ3v) is 3.74. The van der Waals surface area contributed by atoms with Crippen LogP contribution in [0.5, 0.6) is 5.75 Å². The smallest absolute Gasteiger partial charge is 0.133 e. The van der Waals surface area contributed by atoms with Crippen LogP contribution in [0.1, 0.15) is 19.3 Å². The lowest BCUT2D eigenvalue weighted by molar-refractivity contribution is 0.412. The summed E-state index contributed by atoms with van der Waals surface area (Å²) in [5, 5.41) is 3.49. The number of nitrogens with one attached hydrogen (secondary N) is 1. The van der Waals surface area contributed by atoms with E-state index in [-0.39, 0.29) is 0 Å². The lowest BCUT2D eigenvalue weighted by Crippen LogP contribution is -2.15. The van der Waals surface area contributed by atoms with E-state index in [1.165, 1.54) is 19.3 Å². The highest BCUT2D eigenvalue weighted by atomic mass is 79.9. The maximum Gasteiger partial charge on any atom is 0.133 e. The van der Waals surface area contributed by atoms with Gasteiger partial charge in [0.05, 0.1) is 11.6 Å². The maximum atomic E-state index is 5.21.